The molecule has 1 aliphatic heterocycles. The lowest BCUT2D eigenvalue weighted by molar-refractivity contribution is 0.201. The highest BCUT2D eigenvalue weighted by atomic mass is 15.2. The average molecular weight is 290 g/mol. The standard InChI is InChI=1S/C18H35BN2/c1-4-20-18-17-11-6-5-9-16(19)10-7-8-15(17)12-13-21(18)14(2)3/h14-17H,4-13,19H2,1-3H3/b20-18+. The number of aliphatic imine (C=N–C) groups is 1. The number of hydrogen-bond donors (Lipinski definition) is 0. The number of piperidine rings is 1. The van der Waals surface area contributed by atoms with Crippen LogP contribution in [0.4, 0.5) is 0 Å². The van der Waals surface area contributed by atoms with Gasteiger partial charge in [-0.05, 0) is 46.0 Å². The molecule has 0 N–H and O–H groups in total. The van der Waals surface area contributed by atoms with Crippen LogP contribution >= 0.6 is 0 Å². The van der Waals surface area contributed by atoms with E-state index in [0.29, 0.717) is 6.04 Å². The Kier molecular flexibility index (Phi) is 6.63. The molecule has 0 aromatic carbocycles. The van der Waals surface area contributed by atoms with Gasteiger partial charge in [0.05, 0.1) is 0 Å². The van der Waals surface area contributed by atoms with Crippen LogP contribution in [0.5, 0.6) is 0 Å². The van der Waals surface area contributed by atoms with Crippen LogP contribution in [0, 0.1) is 11.8 Å². The molecule has 1 heterocycles. The Morgan fingerprint density at radius 3 is 2.52 bits per heavy atom. The number of fused-ring (bicyclic) bond motifs is 1. The number of hydrogen-bond acceptors (Lipinski definition) is 1. The van der Waals surface area contributed by atoms with Gasteiger partial charge in [0, 0.05) is 25.0 Å². The second-order valence-electron chi connectivity index (χ2n) is 7.60. The van der Waals surface area contributed by atoms with Gasteiger partial charge in [-0.3, -0.25) is 4.99 Å². The van der Waals surface area contributed by atoms with Gasteiger partial charge in [0.2, 0.25) is 0 Å². The maximum atomic E-state index is 4.95. The van der Waals surface area contributed by atoms with E-state index in [4.69, 9.17) is 4.99 Å². The van der Waals surface area contributed by atoms with Crippen molar-refractivity contribution in [1.29, 1.82) is 0 Å². The Morgan fingerprint density at radius 1 is 1.10 bits per heavy atom. The van der Waals surface area contributed by atoms with E-state index in [2.05, 4.69) is 33.5 Å². The molecule has 0 amide bonds. The first-order valence-corrected chi connectivity index (χ1v) is 9.44. The summed E-state index contributed by atoms with van der Waals surface area (Å²) in [6.45, 7) is 9.02. The minimum absolute atomic E-state index is 0.603. The van der Waals surface area contributed by atoms with Crippen molar-refractivity contribution in [3.8, 4) is 0 Å². The molecule has 0 spiro atoms. The summed E-state index contributed by atoms with van der Waals surface area (Å²) in [5.41, 5.74) is 0. The highest BCUT2D eigenvalue weighted by Gasteiger charge is 2.35. The third-order valence-corrected chi connectivity index (χ3v) is 5.61. The molecule has 1 saturated heterocycles. The molecule has 2 nitrogen and oxygen atoms in total. The minimum atomic E-state index is 0.603. The van der Waals surface area contributed by atoms with Crippen LogP contribution in [0.2, 0.25) is 5.82 Å². The molecule has 21 heavy (non-hydrogen) atoms. The van der Waals surface area contributed by atoms with Gasteiger partial charge >= 0.3 is 0 Å². The number of nitrogens with zero attached hydrogens (tertiary/aromatic N) is 2. The zero-order chi connectivity index (χ0) is 15.2. The largest absolute Gasteiger partial charge is 0.358 e. The molecular weight excluding hydrogens is 255 g/mol. The van der Waals surface area contributed by atoms with E-state index in [9.17, 15) is 0 Å². The Balaban J connectivity index is 2.12. The predicted molar refractivity (Wildman–Crippen MR) is 96.0 cm³/mol. The molecule has 120 valence electrons. The van der Waals surface area contributed by atoms with Crippen molar-refractivity contribution in [2.24, 2.45) is 16.8 Å². The third-order valence-electron chi connectivity index (χ3n) is 5.61. The Labute approximate surface area is 133 Å². The Hall–Kier alpha value is -0.465. The van der Waals surface area contributed by atoms with E-state index >= 15 is 0 Å². The third kappa shape index (κ3) is 4.50. The van der Waals surface area contributed by atoms with Crippen molar-refractivity contribution in [3.05, 3.63) is 0 Å². The normalized spacial score (nSPS) is 34.0. The molecule has 3 atom stereocenters. The van der Waals surface area contributed by atoms with Gasteiger partial charge in [-0.25, -0.2) is 0 Å². The van der Waals surface area contributed by atoms with Crippen LogP contribution in [0.1, 0.15) is 72.1 Å². The molecule has 1 aliphatic carbocycles. The highest BCUT2D eigenvalue weighted by Crippen LogP contribution is 2.36. The highest BCUT2D eigenvalue weighted by molar-refractivity contribution is 6.11. The van der Waals surface area contributed by atoms with Gasteiger partial charge in [0.15, 0.2) is 0 Å². The number of amidine groups is 1. The molecular formula is C18H35BN2. The smallest absolute Gasteiger partial charge is 0.105 e. The monoisotopic (exact) mass is 290 g/mol. The van der Waals surface area contributed by atoms with Crippen molar-refractivity contribution in [3.63, 3.8) is 0 Å². The van der Waals surface area contributed by atoms with Crippen LogP contribution < -0.4 is 0 Å². The van der Waals surface area contributed by atoms with Crippen LogP contribution in [0.15, 0.2) is 4.99 Å². The zero-order valence-electron chi connectivity index (χ0n) is 14.8. The van der Waals surface area contributed by atoms with E-state index in [1.165, 1.54) is 63.7 Å². The molecule has 3 heteroatoms. The van der Waals surface area contributed by atoms with Crippen molar-refractivity contribution < 1.29 is 0 Å². The number of likely N-dealkylation sites (tertiary alicyclic amines) is 1. The Bertz CT molecular complexity index is 338. The molecule has 2 fully saturated rings. The summed E-state index contributed by atoms with van der Waals surface area (Å²) in [6, 6.07) is 0.603. The first-order chi connectivity index (χ1) is 10.1. The van der Waals surface area contributed by atoms with Gasteiger partial charge in [-0.1, -0.05) is 37.9 Å². The molecule has 3 unspecified atom stereocenters. The summed E-state index contributed by atoms with van der Waals surface area (Å²) >= 11 is 0. The molecule has 2 rings (SSSR count). The average Bonchev–Trinajstić information content (AvgIpc) is 2.45. The summed E-state index contributed by atoms with van der Waals surface area (Å²) in [6.07, 6.45) is 11.3. The van der Waals surface area contributed by atoms with E-state index in [-0.39, 0.29) is 0 Å². The predicted octanol–water partition coefficient (Wildman–Crippen LogP) is 3.92. The molecule has 0 aromatic heterocycles. The van der Waals surface area contributed by atoms with Crippen LogP contribution in [0.3, 0.4) is 0 Å². The lowest BCUT2D eigenvalue weighted by Crippen LogP contribution is -2.49. The maximum Gasteiger partial charge on any atom is 0.105 e. The van der Waals surface area contributed by atoms with Crippen molar-refractivity contribution in [2.45, 2.75) is 84.0 Å². The molecule has 1 saturated carbocycles. The van der Waals surface area contributed by atoms with Crippen LogP contribution in [-0.2, 0) is 0 Å². The molecule has 0 radical (unpaired) electrons. The summed E-state index contributed by atoms with van der Waals surface area (Å²) in [5, 5.41) is 0. The SMILES string of the molecule is BC1CCCCC2/C(=N\CC)N(C(C)C)CCC2CCC1. The second kappa shape index (κ2) is 8.24. The minimum Gasteiger partial charge on any atom is -0.358 e. The van der Waals surface area contributed by atoms with Gasteiger partial charge in [-0.2, -0.15) is 0 Å². The summed E-state index contributed by atoms with van der Waals surface area (Å²) in [7, 11) is 2.45. The maximum absolute atomic E-state index is 4.95. The first-order valence-electron chi connectivity index (χ1n) is 9.44. The lowest BCUT2D eigenvalue weighted by Gasteiger charge is -2.43. The molecule has 0 bridgehead atoms. The molecule has 0 aromatic rings. The van der Waals surface area contributed by atoms with E-state index in [1.807, 2.05) is 0 Å². The topological polar surface area (TPSA) is 15.6 Å². The van der Waals surface area contributed by atoms with E-state index in [1.54, 1.807) is 0 Å². The fourth-order valence-corrected chi connectivity index (χ4v) is 4.38. The lowest BCUT2D eigenvalue weighted by atomic mass is 9.73. The van der Waals surface area contributed by atoms with Gasteiger partial charge in [0.25, 0.3) is 0 Å². The van der Waals surface area contributed by atoms with Gasteiger partial charge in [0.1, 0.15) is 13.7 Å². The number of rotatable bonds is 2. The second-order valence-corrected chi connectivity index (χ2v) is 7.60. The van der Waals surface area contributed by atoms with Gasteiger partial charge < -0.3 is 4.90 Å². The summed E-state index contributed by atoms with van der Waals surface area (Å²) < 4.78 is 0. The van der Waals surface area contributed by atoms with E-state index in [0.717, 1.165) is 24.2 Å². The fourth-order valence-electron chi connectivity index (χ4n) is 4.38. The molecule has 2 aliphatic rings. The zero-order valence-corrected chi connectivity index (χ0v) is 14.8. The van der Waals surface area contributed by atoms with Crippen molar-refractivity contribution in [2.75, 3.05) is 13.1 Å². The van der Waals surface area contributed by atoms with Gasteiger partial charge in [-0.15, -0.1) is 0 Å². The first kappa shape index (κ1) is 16.9. The van der Waals surface area contributed by atoms with Crippen LogP contribution in [0.25, 0.3) is 0 Å². The van der Waals surface area contributed by atoms with Crippen molar-refractivity contribution in [1.82, 2.24) is 4.90 Å². The quantitative estimate of drug-likeness (QED) is 0.704. The van der Waals surface area contributed by atoms with E-state index < -0.39 is 0 Å². The summed E-state index contributed by atoms with van der Waals surface area (Å²) in [5.74, 6) is 4.04. The van der Waals surface area contributed by atoms with Crippen molar-refractivity contribution >= 4 is 13.7 Å². The Morgan fingerprint density at radius 2 is 1.81 bits per heavy atom. The van der Waals surface area contributed by atoms with Crippen LogP contribution in [-0.4, -0.2) is 37.7 Å². The summed E-state index contributed by atoms with van der Waals surface area (Å²) in [4.78, 5) is 7.55. The fraction of sp³-hybridized carbons (Fsp3) is 0.944.